The van der Waals surface area contributed by atoms with E-state index >= 15 is 0 Å². The van der Waals surface area contributed by atoms with Crippen LogP contribution in [-0.2, 0) is 4.74 Å². The normalized spacial score (nSPS) is 21.3. The Morgan fingerprint density at radius 3 is 2.85 bits per heavy atom. The van der Waals surface area contributed by atoms with E-state index in [1.807, 2.05) is 24.3 Å². The van der Waals surface area contributed by atoms with Crippen LogP contribution in [-0.4, -0.2) is 71.1 Å². The van der Waals surface area contributed by atoms with Crippen LogP contribution >= 0.6 is 0 Å². The van der Waals surface area contributed by atoms with Gasteiger partial charge in [-0.3, -0.25) is 9.69 Å². The molecule has 0 aliphatic carbocycles. The summed E-state index contributed by atoms with van der Waals surface area (Å²) in [6, 6.07) is 8.11. The molecule has 4 rings (SSSR count). The van der Waals surface area contributed by atoms with E-state index in [0.29, 0.717) is 6.04 Å². The zero-order valence-electron chi connectivity index (χ0n) is 15.8. The molecule has 1 N–H and O–H groups in total. The summed E-state index contributed by atoms with van der Waals surface area (Å²) in [6.45, 7) is 5.54. The van der Waals surface area contributed by atoms with Crippen molar-refractivity contribution in [2.75, 3.05) is 39.4 Å². The molecule has 0 unspecified atom stereocenters. The van der Waals surface area contributed by atoms with Gasteiger partial charge in [-0.2, -0.15) is 0 Å². The molecule has 2 aromatic rings. The van der Waals surface area contributed by atoms with Crippen molar-refractivity contribution in [2.24, 2.45) is 0 Å². The lowest BCUT2D eigenvalue weighted by Gasteiger charge is -2.38. The Kier molecular flexibility index (Phi) is 5.84. The van der Waals surface area contributed by atoms with Crippen molar-refractivity contribution in [3.63, 3.8) is 0 Å². The molecular formula is C21H28N4O2. The number of aromatic nitrogens is 2. The van der Waals surface area contributed by atoms with Crippen LogP contribution in [0.25, 0.3) is 11.4 Å². The number of aromatic amines is 1. The van der Waals surface area contributed by atoms with Crippen molar-refractivity contribution in [1.29, 1.82) is 0 Å². The quantitative estimate of drug-likeness (QED) is 0.882. The second-order valence-electron chi connectivity index (χ2n) is 7.37. The van der Waals surface area contributed by atoms with Crippen LogP contribution in [0.4, 0.5) is 0 Å². The van der Waals surface area contributed by atoms with E-state index in [1.54, 1.807) is 12.4 Å². The first-order valence-electron chi connectivity index (χ1n) is 10.0. The van der Waals surface area contributed by atoms with Gasteiger partial charge in [0, 0.05) is 50.2 Å². The average Bonchev–Trinajstić information content (AvgIpc) is 3.27. The molecule has 0 bridgehead atoms. The van der Waals surface area contributed by atoms with Crippen molar-refractivity contribution >= 4 is 5.91 Å². The molecule has 1 amide bonds. The molecular weight excluding hydrogens is 340 g/mol. The number of carbonyl (C=O) groups is 1. The van der Waals surface area contributed by atoms with Gasteiger partial charge in [-0.15, -0.1) is 0 Å². The highest BCUT2D eigenvalue weighted by molar-refractivity contribution is 6.00. The number of hydrogen-bond acceptors (Lipinski definition) is 4. The lowest BCUT2D eigenvalue weighted by molar-refractivity contribution is 0.0296. The van der Waals surface area contributed by atoms with Gasteiger partial charge < -0.3 is 14.6 Å². The number of morpholine rings is 1. The highest BCUT2D eigenvalue weighted by Crippen LogP contribution is 2.26. The Balaban J connectivity index is 1.49. The van der Waals surface area contributed by atoms with Crippen molar-refractivity contribution in [3.05, 3.63) is 42.2 Å². The molecule has 2 saturated heterocycles. The van der Waals surface area contributed by atoms with Gasteiger partial charge in [0.15, 0.2) is 0 Å². The zero-order chi connectivity index (χ0) is 18.5. The Bertz CT molecular complexity index is 740. The summed E-state index contributed by atoms with van der Waals surface area (Å²) in [6.07, 6.45) is 7.94. The van der Waals surface area contributed by atoms with E-state index in [2.05, 4.69) is 19.8 Å². The number of nitrogens with one attached hydrogen (secondary N) is 1. The summed E-state index contributed by atoms with van der Waals surface area (Å²) in [5, 5.41) is 0. The van der Waals surface area contributed by atoms with Crippen molar-refractivity contribution in [1.82, 2.24) is 19.8 Å². The molecule has 1 aromatic heterocycles. The Hall–Kier alpha value is -2.18. The van der Waals surface area contributed by atoms with E-state index in [0.717, 1.165) is 75.6 Å². The number of H-pyrrole nitrogens is 1. The zero-order valence-corrected chi connectivity index (χ0v) is 15.8. The van der Waals surface area contributed by atoms with Gasteiger partial charge in [0.1, 0.15) is 5.82 Å². The second kappa shape index (κ2) is 8.67. The minimum absolute atomic E-state index is 0.133. The topological polar surface area (TPSA) is 61.5 Å². The summed E-state index contributed by atoms with van der Waals surface area (Å²) in [5.74, 6) is 0.884. The summed E-state index contributed by atoms with van der Waals surface area (Å²) >= 11 is 0. The number of amides is 1. The van der Waals surface area contributed by atoms with Crippen LogP contribution in [0.1, 0.15) is 36.0 Å². The van der Waals surface area contributed by atoms with Crippen molar-refractivity contribution < 1.29 is 9.53 Å². The predicted molar refractivity (Wildman–Crippen MR) is 105 cm³/mol. The molecule has 2 aliphatic rings. The number of benzene rings is 1. The Labute approximate surface area is 160 Å². The molecule has 0 radical (unpaired) electrons. The third kappa shape index (κ3) is 4.22. The number of ether oxygens (including phenoxy) is 1. The Morgan fingerprint density at radius 2 is 2.04 bits per heavy atom. The van der Waals surface area contributed by atoms with Crippen LogP contribution in [0, 0.1) is 0 Å². The highest BCUT2D eigenvalue weighted by Gasteiger charge is 2.29. The fourth-order valence-electron chi connectivity index (χ4n) is 4.17. The first-order chi connectivity index (χ1) is 13.3. The summed E-state index contributed by atoms with van der Waals surface area (Å²) in [4.78, 5) is 25.5. The van der Waals surface area contributed by atoms with E-state index in [4.69, 9.17) is 4.74 Å². The molecule has 1 aromatic carbocycles. The first kappa shape index (κ1) is 18.2. The largest absolute Gasteiger partial charge is 0.379 e. The lowest BCUT2D eigenvalue weighted by atomic mass is 9.96. The number of rotatable bonds is 5. The fourth-order valence-corrected chi connectivity index (χ4v) is 4.17. The SMILES string of the molecule is O=C(c1ccccc1-c1ncc[nH]1)N1CCCC[C@@H]1CCN1CCOCC1. The summed E-state index contributed by atoms with van der Waals surface area (Å²) in [5.41, 5.74) is 1.62. The molecule has 6 nitrogen and oxygen atoms in total. The third-order valence-corrected chi connectivity index (χ3v) is 5.68. The number of hydrogen-bond donors (Lipinski definition) is 1. The maximum Gasteiger partial charge on any atom is 0.254 e. The Morgan fingerprint density at radius 1 is 1.19 bits per heavy atom. The summed E-state index contributed by atoms with van der Waals surface area (Å²) < 4.78 is 5.44. The van der Waals surface area contributed by atoms with Gasteiger partial charge >= 0.3 is 0 Å². The maximum absolute atomic E-state index is 13.4. The first-order valence-corrected chi connectivity index (χ1v) is 10.0. The maximum atomic E-state index is 13.4. The van der Waals surface area contributed by atoms with Gasteiger partial charge in [0.2, 0.25) is 0 Å². The van der Waals surface area contributed by atoms with Gasteiger partial charge in [-0.1, -0.05) is 18.2 Å². The van der Waals surface area contributed by atoms with Crippen molar-refractivity contribution in [2.45, 2.75) is 31.7 Å². The summed E-state index contributed by atoms with van der Waals surface area (Å²) in [7, 11) is 0. The van der Waals surface area contributed by atoms with E-state index in [-0.39, 0.29) is 5.91 Å². The van der Waals surface area contributed by atoms with Crippen LogP contribution in [0.2, 0.25) is 0 Å². The van der Waals surface area contributed by atoms with Gasteiger partial charge in [0.05, 0.1) is 18.8 Å². The average molecular weight is 368 g/mol. The van der Waals surface area contributed by atoms with Gasteiger partial charge in [-0.05, 0) is 31.7 Å². The second-order valence-corrected chi connectivity index (χ2v) is 7.37. The molecule has 6 heteroatoms. The number of likely N-dealkylation sites (tertiary alicyclic amines) is 1. The highest BCUT2D eigenvalue weighted by atomic mass is 16.5. The monoisotopic (exact) mass is 368 g/mol. The molecule has 0 saturated carbocycles. The number of nitrogens with zero attached hydrogens (tertiary/aromatic N) is 3. The molecule has 0 spiro atoms. The molecule has 144 valence electrons. The molecule has 2 fully saturated rings. The van der Waals surface area contributed by atoms with E-state index in [9.17, 15) is 4.79 Å². The minimum atomic E-state index is 0.133. The molecule has 1 atom stereocenters. The number of piperidine rings is 1. The molecule has 27 heavy (non-hydrogen) atoms. The minimum Gasteiger partial charge on any atom is -0.379 e. The number of carbonyl (C=O) groups excluding carboxylic acids is 1. The van der Waals surface area contributed by atoms with E-state index in [1.165, 1.54) is 6.42 Å². The van der Waals surface area contributed by atoms with Crippen LogP contribution < -0.4 is 0 Å². The van der Waals surface area contributed by atoms with Crippen LogP contribution in [0.5, 0.6) is 0 Å². The number of imidazole rings is 1. The standard InChI is InChI=1S/C21H28N4O2/c26-21(19-7-2-1-6-18(19)20-22-9-10-23-20)25-11-4-3-5-17(25)8-12-24-13-15-27-16-14-24/h1-2,6-7,9-10,17H,3-5,8,11-16H2,(H,22,23)/t17-/m1/s1. The smallest absolute Gasteiger partial charge is 0.254 e. The third-order valence-electron chi connectivity index (χ3n) is 5.68. The van der Waals surface area contributed by atoms with Crippen LogP contribution in [0.3, 0.4) is 0 Å². The van der Waals surface area contributed by atoms with Gasteiger partial charge in [-0.25, -0.2) is 4.98 Å². The molecule has 2 aliphatic heterocycles. The molecule has 3 heterocycles. The van der Waals surface area contributed by atoms with Gasteiger partial charge in [0.25, 0.3) is 5.91 Å². The fraction of sp³-hybridized carbons (Fsp3) is 0.524. The van der Waals surface area contributed by atoms with Crippen molar-refractivity contribution in [3.8, 4) is 11.4 Å². The van der Waals surface area contributed by atoms with Crippen LogP contribution in [0.15, 0.2) is 36.7 Å². The predicted octanol–water partition coefficient (Wildman–Crippen LogP) is 2.79. The lowest BCUT2D eigenvalue weighted by Crippen LogP contribution is -2.46. The van der Waals surface area contributed by atoms with E-state index < -0.39 is 0 Å².